The molecule has 7 heteroatoms. The van der Waals surface area contributed by atoms with Gasteiger partial charge in [-0.25, -0.2) is 4.98 Å². The molecule has 0 radical (unpaired) electrons. The highest BCUT2D eigenvalue weighted by Crippen LogP contribution is 2.32. The Bertz CT molecular complexity index is 1110. The number of hydrogen-bond donors (Lipinski definition) is 1. The highest BCUT2D eigenvalue weighted by atomic mass is 16.5. The molecule has 32 heavy (non-hydrogen) atoms. The van der Waals surface area contributed by atoms with E-state index in [2.05, 4.69) is 15.5 Å². The fraction of sp³-hybridized carbons (Fsp3) is 0.280. The molecule has 0 fully saturated rings. The topological polar surface area (TPSA) is 94.1 Å². The predicted molar refractivity (Wildman–Crippen MR) is 120 cm³/mol. The van der Waals surface area contributed by atoms with Crippen LogP contribution < -0.4 is 5.32 Å². The Balaban J connectivity index is 1.51. The first-order valence-corrected chi connectivity index (χ1v) is 10.7. The summed E-state index contributed by atoms with van der Waals surface area (Å²) in [6.07, 6.45) is 0.617. The Morgan fingerprint density at radius 3 is 2.22 bits per heavy atom. The number of aryl methyl sites for hydroxylation is 2. The van der Waals surface area contributed by atoms with Gasteiger partial charge in [0.1, 0.15) is 11.7 Å². The van der Waals surface area contributed by atoms with Crippen LogP contribution >= 0.6 is 0 Å². The number of carbonyl (C=O) groups is 1. The molecule has 164 valence electrons. The smallest absolute Gasteiger partial charge is 0.249 e. The summed E-state index contributed by atoms with van der Waals surface area (Å²) in [6, 6.07) is 19.4. The van der Waals surface area contributed by atoms with Gasteiger partial charge >= 0.3 is 0 Å². The van der Waals surface area contributed by atoms with Gasteiger partial charge < -0.3 is 14.3 Å². The zero-order valence-corrected chi connectivity index (χ0v) is 18.4. The number of oxazole rings is 1. The number of aromatic nitrogens is 3. The third kappa shape index (κ3) is 4.94. The fourth-order valence-corrected chi connectivity index (χ4v) is 3.47. The van der Waals surface area contributed by atoms with Crippen LogP contribution in [0.25, 0.3) is 22.6 Å². The van der Waals surface area contributed by atoms with Gasteiger partial charge in [0.25, 0.3) is 0 Å². The van der Waals surface area contributed by atoms with Crippen molar-refractivity contribution < 1.29 is 13.7 Å². The second-order valence-corrected chi connectivity index (χ2v) is 7.99. The number of nitrogens with one attached hydrogen (secondary N) is 1. The summed E-state index contributed by atoms with van der Waals surface area (Å²) in [5.41, 5.74) is 2.69. The van der Waals surface area contributed by atoms with Crippen LogP contribution in [-0.2, 0) is 11.2 Å². The van der Waals surface area contributed by atoms with Crippen LogP contribution in [0.4, 0.5) is 0 Å². The Morgan fingerprint density at radius 2 is 1.62 bits per heavy atom. The van der Waals surface area contributed by atoms with Gasteiger partial charge in [0.15, 0.2) is 17.5 Å². The van der Waals surface area contributed by atoms with Crippen molar-refractivity contribution in [2.24, 2.45) is 5.92 Å². The van der Waals surface area contributed by atoms with Gasteiger partial charge in [-0.15, -0.1) is 0 Å². The molecule has 0 spiro atoms. The molecule has 1 N–H and O–H groups in total. The van der Waals surface area contributed by atoms with E-state index in [9.17, 15) is 4.79 Å². The molecule has 0 bridgehead atoms. The van der Waals surface area contributed by atoms with Crippen LogP contribution in [0.3, 0.4) is 0 Å². The first kappa shape index (κ1) is 21.5. The van der Waals surface area contributed by atoms with Crippen molar-refractivity contribution >= 4 is 5.91 Å². The average Bonchev–Trinajstić information content (AvgIpc) is 3.43. The van der Waals surface area contributed by atoms with Gasteiger partial charge in [0.05, 0.1) is 0 Å². The molecule has 0 saturated carbocycles. The molecule has 7 nitrogen and oxygen atoms in total. The number of benzene rings is 2. The Kier molecular flexibility index (Phi) is 6.44. The minimum atomic E-state index is -0.340. The lowest BCUT2D eigenvalue weighted by Crippen LogP contribution is -2.32. The lowest BCUT2D eigenvalue weighted by Gasteiger charge is -2.18. The maximum atomic E-state index is 12.7. The van der Waals surface area contributed by atoms with Crippen LogP contribution in [0.15, 0.2) is 69.6 Å². The summed E-state index contributed by atoms with van der Waals surface area (Å²) < 4.78 is 11.4. The Labute approximate surface area is 186 Å². The Hall–Kier alpha value is -3.74. The first-order valence-electron chi connectivity index (χ1n) is 10.7. The highest BCUT2D eigenvalue weighted by Gasteiger charge is 2.24. The van der Waals surface area contributed by atoms with Crippen LogP contribution in [0.5, 0.6) is 0 Å². The monoisotopic (exact) mass is 430 g/mol. The van der Waals surface area contributed by atoms with E-state index in [-0.39, 0.29) is 24.3 Å². The number of nitrogens with zero attached hydrogens (tertiary/aromatic N) is 3. The normalized spacial score (nSPS) is 12.1. The highest BCUT2D eigenvalue weighted by molar-refractivity contribution is 5.78. The molecule has 0 saturated heterocycles. The molecule has 2 aromatic heterocycles. The van der Waals surface area contributed by atoms with Gasteiger partial charge in [0, 0.05) is 24.0 Å². The summed E-state index contributed by atoms with van der Waals surface area (Å²) in [6.45, 7) is 5.75. The molecular weight excluding hydrogens is 404 g/mol. The van der Waals surface area contributed by atoms with Gasteiger partial charge in [-0.1, -0.05) is 79.7 Å². The molecule has 4 rings (SSSR count). The lowest BCUT2D eigenvalue weighted by atomic mass is 10.0. The van der Waals surface area contributed by atoms with Crippen LogP contribution in [0.1, 0.15) is 43.9 Å². The SMILES string of the molecule is Cc1noc(C(NC(=O)CCc2nc(-c3ccccc3)c(-c3ccccc3)o2)C(C)C)n1. The third-order valence-electron chi connectivity index (χ3n) is 5.11. The Morgan fingerprint density at radius 1 is 0.969 bits per heavy atom. The van der Waals surface area contributed by atoms with Crippen molar-refractivity contribution in [2.75, 3.05) is 0 Å². The third-order valence-corrected chi connectivity index (χ3v) is 5.11. The van der Waals surface area contributed by atoms with Crippen molar-refractivity contribution in [2.45, 2.75) is 39.7 Å². The average molecular weight is 431 g/mol. The van der Waals surface area contributed by atoms with E-state index < -0.39 is 0 Å². The van der Waals surface area contributed by atoms with E-state index in [0.29, 0.717) is 29.8 Å². The zero-order valence-electron chi connectivity index (χ0n) is 18.4. The van der Waals surface area contributed by atoms with Gasteiger partial charge in [-0.2, -0.15) is 4.98 Å². The molecule has 1 atom stereocenters. The minimum Gasteiger partial charge on any atom is -0.440 e. The van der Waals surface area contributed by atoms with E-state index >= 15 is 0 Å². The first-order chi connectivity index (χ1) is 15.5. The zero-order chi connectivity index (χ0) is 22.5. The van der Waals surface area contributed by atoms with Crippen molar-refractivity contribution in [3.63, 3.8) is 0 Å². The second-order valence-electron chi connectivity index (χ2n) is 7.99. The van der Waals surface area contributed by atoms with E-state index in [1.54, 1.807) is 6.92 Å². The molecule has 1 unspecified atom stereocenters. The van der Waals surface area contributed by atoms with E-state index in [1.807, 2.05) is 74.5 Å². The molecule has 0 aliphatic carbocycles. The maximum Gasteiger partial charge on any atom is 0.249 e. The number of hydrogen-bond acceptors (Lipinski definition) is 6. The van der Waals surface area contributed by atoms with Gasteiger partial charge in [-0.05, 0) is 12.8 Å². The molecule has 0 aliphatic heterocycles. The summed E-state index contributed by atoms with van der Waals surface area (Å²) in [7, 11) is 0. The van der Waals surface area contributed by atoms with Crippen molar-refractivity contribution in [1.82, 2.24) is 20.4 Å². The molecule has 4 aromatic rings. The summed E-state index contributed by atoms with van der Waals surface area (Å²) in [4.78, 5) is 21.7. The number of rotatable bonds is 8. The quantitative estimate of drug-likeness (QED) is 0.416. The number of amides is 1. The fourth-order valence-electron chi connectivity index (χ4n) is 3.47. The van der Waals surface area contributed by atoms with Crippen LogP contribution in [0.2, 0.25) is 0 Å². The maximum absolute atomic E-state index is 12.7. The van der Waals surface area contributed by atoms with Crippen LogP contribution in [0, 0.1) is 12.8 Å². The van der Waals surface area contributed by atoms with Gasteiger partial charge in [-0.3, -0.25) is 4.79 Å². The molecule has 2 aromatic carbocycles. The largest absolute Gasteiger partial charge is 0.440 e. The van der Waals surface area contributed by atoms with E-state index in [0.717, 1.165) is 16.8 Å². The lowest BCUT2D eigenvalue weighted by molar-refractivity contribution is -0.122. The van der Waals surface area contributed by atoms with E-state index in [4.69, 9.17) is 13.9 Å². The molecule has 1 amide bonds. The second kappa shape index (κ2) is 9.60. The number of carbonyl (C=O) groups excluding carboxylic acids is 1. The van der Waals surface area contributed by atoms with Crippen molar-refractivity contribution in [1.29, 1.82) is 0 Å². The predicted octanol–water partition coefficient (Wildman–Crippen LogP) is 5.15. The molecular formula is C25H26N4O3. The minimum absolute atomic E-state index is 0.106. The van der Waals surface area contributed by atoms with Gasteiger partial charge in [0.2, 0.25) is 11.8 Å². The summed E-state index contributed by atoms with van der Waals surface area (Å²) >= 11 is 0. The summed E-state index contributed by atoms with van der Waals surface area (Å²) in [5, 5.41) is 6.82. The molecule has 2 heterocycles. The molecule has 0 aliphatic rings. The van der Waals surface area contributed by atoms with E-state index in [1.165, 1.54) is 0 Å². The van der Waals surface area contributed by atoms with Crippen LogP contribution in [-0.4, -0.2) is 21.0 Å². The standard InChI is InChI=1S/C25H26N4O3/c1-16(2)22(25-26-17(3)29-32-25)27-20(30)14-15-21-28-23(18-10-6-4-7-11-18)24(31-21)19-12-8-5-9-13-19/h4-13,16,22H,14-15H2,1-3H3,(H,27,30). The van der Waals surface area contributed by atoms with Crippen molar-refractivity contribution in [3.05, 3.63) is 78.3 Å². The van der Waals surface area contributed by atoms with Crippen molar-refractivity contribution in [3.8, 4) is 22.6 Å². The summed E-state index contributed by atoms with van der Waals surface area (Å²) in [5.74, 6) is 2.16.